The van der Waals surface area contributed by atoms with E-state index in [0.29, 0.717) is 0 Å². The Bertz CT molecular complexity index is 254. The Morgan fingerprint density at radius 3 is 1.64 bits per heavy atom. The van der Waals surface area contributed by atoms with Crippen molar-refractivity contribution in [2.75, 3.05) is 0 Å². The Hall–Kier alpha value is -1.18. The Balaban J connectivity index is 2.68. The minimum Gasteiger partial charge on any atom is -0.491 e. The minimum absolute atomic E-state index is 0.198. The number of ether oxygens (including phenoxy) is 2. The molecular weight excluding hydrogens is 176 g/mol. The first kappa shape index (κ1) is 10.9. The summed E-state index contributed by atoms with van der Waals surface area (Å²) in [5, 5.41) is 0. The number of benzene rings is 1. The molecule has 0 unspecified atom stereocenters. The van der Waals surface area contributed by atoms with Crippen LogP contribution >= 0.6 is 0 Å². The molecule has 1 aromatic rings. The zero-order valence-electron chi connectivity index (χ0n) is 9.28. The molecule has 0 aromatic heterocycles. The van der Waals surface area contributed by atoms with E-state index in [2.05, 4.69) is 0 Å². The molecule has 2 nitrogen and oxygen atoms in total. The van der Waals surface area contributed by atoms with Gasteiger partial charge in [-0.1, -0.05) is 6.07 Å². The molecule has 0 fully saturated rings. The fourth-order valence-corrected chi connectivity index (χ4v) is 1.17. The van der Waals surface area contributed by atoms with E-state index in [9.17, 15) is 0 Å². The molecule has 0 aliphatic heterocycles. The average Bonchev–Trinajstić information content (AvgIpc) is 2.01. The van der Waals surface area contributed by atoms with E-state index in [1.165, 1.54) is 0 Å². The predicted molar refractivity (Wildman–Crippen MR) is 58.0 cm³/mol. The molecule has 0 radical (unpaired) electrons. The van der Waals surface area contributed by atoms with E-state index < -0.39 is 0 Å². The average molecular weight is 194 g/mol. The zero-order chi connectivity index (χ0) is 10.6. The molecule has 0 spiro atoms. The van der Waals surface area contributed by atoms with Crippen LogP contribution in [-0.2, 0) is 0 Å². The van der Waals surface area contributed by atoms with Crippen molar-refractivity contribution in [2.45, 2.75) is 39.9 Å². The number of hydrogen-bond acceptors (Lipinski definition) is 2. The van der Waals surface area contributed by atoms with E-state index >= 15 is 0 Å². The minimum atomic E-state index is 0.198. The smallest absolute Gasteiger partial charge is 0.123 e. The molecule has 0 heterocycles. The van der Waals surface area contributed by atoms with Gasteiger partial charge in [0, 0.05) is 6.07 Å². The second-order valence-corrected chi connectivity index (χ2v) is 3.81. The van der Waals surface area contributed by atoms with Crippen LogP contribution in [0, 0.1) is 0 Å². The van der Waals surface area contributed by atoms with Crippen LogP contribution in [0.3, 0.4) is 0 Å². The zero-order valence-corrected chi connectivity index (χ0v) is 9.28. The van der Waals surface area contributed by atoms with Gasteiger partial charge in [0.2, 0.25) is 0 Å². The van der Waals surface area contributed by atoms with Crippen LogP contribution in [-0.4, -0.2) is 12.2 Å². The molecule has 0 saturated carbocycles. The van der Waals surface area contributed by atoms with Crippen molar-refractivity contribution in [1.29, 1.82) is 0 Å². The summed E-state index contributed by atoms with van der Waals surface area (Å²) in [7, 11) is 0. The lowest BCUT2D eigenvalue weighted by Crippen LogP contribution is -2.07. The highest BCUT2D eigenvalue weighted by Crippen LogP contribution is 2.21. The topological polar surface area (TPSA) is 18.5 Å². The Labute approximate surface area is 85.8 Å². The maximum atomic E-state index is 5.56. The van der Waals surface area contributed by atoms with Crippen LogP contribution in [0.4, 0.5) is 0 Å². The van der Waals surface area contributed by atoms with Gasteiger partial charge in [0.15, 0.2) is 0 Å². The van der Waals surface area contributed by atoms with Crippen LogP contribution in [0.5, 0.6) is 11.5 Å². The van der Waals surface area contributed by atoms with Gasteiger partial charge >= 0.3 is 0 Å². The third kappa shape index (κ3) is 3.69. The first-order chi connectivity index (χ1) is 6.58. The normalized spacial score (nSPS) is 10.7. The molecule has 1 aromatic carbocycles. The van der Waals surface area contributed by atoms with Crippen LogP contribution in [0.25, 0.3) is 0 Å². The van der Waals surface area contributed by atoms with Gasteiger partial charge < -0.3 is 9.47 Å². The summed E-state index contributed by atoms with van der Waals surface area (Å²) in [6.45, 7) is 8.04. The number of rotatable bonds is 4. The predicted octanol–water partition coefficient (Wildman–Crippen LogP) is 3.26. The quantitative estimate of drug-likeness (QED) is 0.732. The van der Waals surface area contributed by atoms with E-state index in [4.69, 9.17) is 9.47 Å². The van der Waals surface area contributed by atoms with Crippen molar-refractivity contribution >= 4 is 0 Å². The Morgan fingerprint density at radius 1 is 0.857 bits per heavy atom. The fourth-order valence-electron chi connectivity index (χ4n) is 1.17. The van der Waals surface area contributed by atoms with Gasteiger partial charge in [0.05, 0.1) is 12.2 Å². The van der Waals surface area contributed by atoms with Gasteiger partial charge in [0.25, 0.3) is 0 Å². The highest BCUT2D eigenvalue weighted by molar-refractivity contribution is 5.33. The summed E-state index contributed by atoms with van der Waals surface area (Å²) >= 11 is 0. The van der Waals surface area contributed by atoms with Gasteiger partial charge in [0.1, 0.15) is 11.5 Å². The largest absolute Gasteiger partial charge is 0.491 e. The van der Waals surface area contributed by atoms with Crippen molar-refractivity contribution in [3.63, 3.8) is 0 Å². The number of hydrogen-bond donors (Lipinski definition) is 0. The molecule has 0 amide bonds. The van der Waals surface area contributed by atoms with Crippen molar-refractivity contribution in [2.24, 2.45) is 0 Å². The lowest BCUT2D eigenvalue weighted by Gasteiger charge is -2.13. The summed E-state index contributed by atoms with van der Waals surface area (Å²) in [6.07, 6.45) is 0.397. The second-order valence-electron chi connectivity index (χ2n) is 3.81. The molecule has 0 bridgehead atoms. The van der Waals surface area contributed by atoms with Gasteiger partial charge in [-0.05, 0) is 39.8 Å². The first-order valence-corrected chi connectivity index (χ1v) is 5.01. The first-order valence-electron chi connectivity index (χ1n) is 5.01. The maximum Gasteiger partial charge on any atom is 0.123 e. The molecule has 0 aliphatic carbocycles. The SMILES string of the molecule is CC(C)Oc1cccc(OC(C)C)c1. The van der Waals surface area contributed by atoms with Crippen molar-refractivity contribution in [3.05, 3.63) is 24.3 Å². The van der Waals surface area contributed by atoms with E-state index in [1.807, 2.05) is 52.0 Å². The van der Waals surface area contributed by atoms with Crippen molar-refractivity contribution in [3.8, 4) is 11.5 Å². The van der Waals surface area contributed by atoms with E-state index in [-0.39, 0.29) is 12.2 Å². The van der Waals surface area contributed by atoms with Gasteiger partial charge in [-0.3, -0.25) is 0 Å². The summed E-state index contributed by atoms with van der Waals surface area (Å²) in [5.74, 6) is 1.72. The second kappa shape index (κ2) is 4.89. The van der Waals surface area contributed by atoms with Crippen LogP contribution < -0.4 is 9.47 Å². The standard InChI is InChI=1S/C12H18O2/c1-9(2)13-11-6-5-7-12(8-11)14-10(3)4/h5-10H,1-4H3. The molecule has 78 valence electrons. The highest BCUT2D eigenvalue weighted by Gasteiger charge is 2.01. The van der Waals surface area contributed by atoms with Gasteiger partial charge in [-0.15, -0.1) is 0 Å². The Morgan fingerprint density at radius 2 is 1.29 bits per heavy atom. The third-order valence-corrected chi connectivity index (χ3v) is 1.55. The lowest BCUT2D eigenvalue weighted by atomic mass is 10.3. The van der Waals surface area contributed by atoms with Crippen molar-refractivity contribution < 1.29 is 9.47 Å². The summed E-state index contributed by atoms with van der Waals surface area (Å²) in [5.41, 5.74) is 0. The molecular formula is C12H18O2. The molecule has 2 heteroatoms. The summed E-state index contributed by atoms with van der Waals surface area (Å²) in [6, 6.07) is 7.73. The van der Waals surface area contributed by atoms with Gasteiger partial charge in [-0.2, -0.15) is 0 Å². The summed E-state index contributed by atoms with van der Waals surface area (Å²) in [4.78, 5) is 0. The molecule has 0 saturated heterocycles. The molecule has 0 atom stereocenters. The molecule has 0 N–H and O–H groups in total. The van der Waals surface area contributed by atoms with Crippen LogP contribution in [0.2, 0.25) is 0 Å². The third-order valence-electron chi connectivity index (χ3n) is 1.55. The molecule has 0 aliphatic rings. The van der Waals surface area contributed by atoms with Crippen LogP contribution in [0.15, 0.2) is 24.3 Å². The fraction of sp³-hybridized carbons (Fsp3) is 0.500. The highest BCUT2D eigenvalue weighted by atomic mass is 16.5. The monoisotopic (exact) mass is 194 g/mol. The summed E-state index contributed by atoms with van der Waals surface area (Å²) < 4.78 is 11.1. The van der Waals surface area contributed by atoms with Crippen LogP contribution in [0.1, 0.15) is 27.7 Å². The van der Waals surface area contributed by atoms with Crippen molar-refractivity contribution in [1.82, 2.24) is 0 Å². The lowest BCUT2D eigenvalue weighted by molar-refractivity contribution is 0.229. The van der Waals surface area contributed by atoms with Gasteiger partial charge in [-0.25, -0.2) is 0 Å². The maximum absolute atomic E-state index is 5.56. The molecule has 1 rings (SSSR count). The Kier molecular flexibility index (Phi) is 3.81. The molecule has 14 heavy (non-hydrogen) atoms. The van der Waals surface area contributed by atoms with E-state index in [1.54, 1.807) is 0 Å². The van der Waals surface area contributed by atoms with E-state index in [0.717, 1.165) is 11.5 Å².